The molecule has 0 aliphatic carbocycles. The summed E-state index contributed by atoms with van der Waals surface area (Å²) in [5.41, 5.74) is 0.640. The van der Waals surface area contributed by atoms with Crippen molar-refractivity contribution in [1.82, 2.24) is 19.5 Å². The van der Waals surface area contributed by atoms with Crippen molar-refractivity contribution in [1.29, 1.82) is 5.26 Å². The number of benzene rings is 3. The number of rotatable bonds is 15. The maximum Gasteiger partial charge on any atom is 0.280 e. The summed E-state index contributed by atoms with van der Waals surface area (Å²) in [5.74, 6) is 0.798. The van der Waals surface area contributed by atoms with Crippen LogP contribution < -0.4 is 20.3 Å². The van der Waals surface area contributed by atoms with Crippen molar-refractivity contribution in [3.8, 4) is 17.6 Å². The number of nitriles is 1. The number of carbonyl (C=O) groups is 1. The van der Waals surface area contributed by atoms with E-state index in [9.17, 15) is 14.7 Å². The number of methoxy groups -OCH3 is 2. The molecule has 270 valence electrons. The highest BCUT2D eigenvalue weighted by atomic mass is 16.7. The highest BCUT2D eigenvalue weighted by molar-refractivity contribution is 5.87. The molecular formula is C37H38N6O9. The van der Waals surface area contributed by atoms with Gasteiger partial charge in [-0.3, -0.25) is 24.5 Å². The van der Waals surface area contributed by atoms with Crippen molar-refractivity contribution in [2.24, 2.45) is 0 Å². The van der Waals surface area contributed by atoms with Crippen molar-refractivity contribution < 1.29 is 38.3 Å². The number of aliphatic hydroxyl groups excluding tert-OH is 1. The molecule has 3 heterocycles. The lowest BCUT2D eigenvalue weighted by Crippen LogP contribution is -2.40. The summed E-state index contributed by atoms with van der Waals surface area (Å²) in [5, 5.41) is 23.2. The number of fused-ring (bicyclic) bond motifs is 1. The molecule has 1 amide bonds. The third-order valence-electron chi connectivity index (χ3n) is 8.65. The molecule has 0 radical (unpaired) electrons. The minimum absolute atomic E-state index is 0.0157. The normalized spacial score (nSPS) is 18.6. The van der Waals surface area contributed by atoms with Gasteiger partial charge >= 0.3 is 0 Å². The largest absolute Gasteiger partial charge is 0.497 e. The van der Waals surface area contributed by atoms with Gasteiger partial charge in [-0.25, -0.2) is 4.98 Å². The molecule has 1 aliphatic rings. The molecule has 3 N–H and O–H groups in total. The Bertz CT molecular complexity index is 2010. The van der Waals surface area contributed by atoms with Crippen LogP contribution in [0.25, 0.3) is 11.2 Å². The van der Waals surface area contributed by atoms with Crippen molar-refractivity contribution in [3.05, 3.63) is 112 Å². The van der Waals surface area contributed by atoms with Crippen LogP contribution in [-0.2, 0) is 29.3 Å². The number of nitrogens with zero attached hydrogens (tertiary/aromatic N) is 4. The molecule has 3 aromatic carbocycles. The monoisotopic (exact) mass is 710 g/mol. The Morgan fingerprint density at radius 2 is 1.65 bits per heavy atom. The summed E-state index contributed by atoms with van der Waals surface area (Å²) in [6.07, 6.45) is -2.90. The second-order valence-corrected chi connectivity index (χ2v) is 11.9. The Morgan fingerprint density at radius 1 is 1.02 bits per heavy atom. The van der Waals surface area contributed by atoms with E-state index >= 15 is 0 Å². The van der Waals surface area contributed by atoms with Crippen LogP contribution in [0.2, 0.25) is 0 Å². The van der Waals surface area contributed by atoms with Gasteiger partial charge in [-0.1, -0.05) is 54.6 Å². The minimum atomic E-state index is -1.28. The van der Waals surface area contributed by atoms with E-state index in [1.807, 2.05) is 84.9 Å². The standard InChI is InChI=1S/C37H38N6O9/c1-23(44)40-36-41-33-30(34(46)42-36)39-21-43(33)35-32(50-22-49-19-7-18-38)31(45)29(52-35)20-51-37(24-8-5-4-6-9-24,25-10-14-27(47-2)15-11-25)26-12-16-28(48-3)17-13-26/h4-6,8-17,21,29,31-32,35,45H,7,19-20,22H2,1-3H3,(H2,40,41,42,44,46)/t29-,31-,32-,35-/m1/s1. The third kappa shape index (κ3) is 7.38. The van der Waals surface area contributed by atoms with Gasteiger partial charge in [0.1, 0.15) is 42.2 Å². The van der Waals surface area contributed by atoms with Crippen LogP contribution >= 0.6 is 0 Å². The molecule has 1 saturated heterocycles. The SMILES string of the molecule is COc1ccc(C(OC[C@H]2O[C@@H](n3cnc4c(=O)[nH]c(NC(C)=O)nc43)[C@H](OCOCCC#N)[C@@H]2O)(c2ccccc2)c2ccc(OC)cc2)cc1. The van der Waals surface area contributed by atoms with Crippen LogP contribution in [0.4, 0.5) is 5.95 Å². The molecule has 52 heavy (non-hydrogen) atoms. The summed E-state index contributed by atoms with van der Waals surface area (Å²) in [6, 6.07) is 26.7. The van der Waals surface area contributed by atoms with E-state index in [1.165, 1.54) is 17.8 Å². The summed E-state index contributed by atoms with van der Waals surface area (Å²) in [4.78, 5) is 35.7. The molecule has 15 heteroatoms. The topological polar surface area (TPSA) is 192 Å². The number of nitrogens with one attached hydrogen (secondary N) is 2. The quantitative estimate of drug-likeness (QED) is 0.0813. The number of amides is 1. The Hall–Kier alpha value is -5.63. The Labute approximate surface area is 298 Å². The predicted molar refractivity (Wildman–Crippen MR) is 187 cm³/mol. The first-order valence-electron chi connectivity index (χ1n) is 16.4. The van der Waals surface area contributed by atoms with Crippen LogP contribution in [0.15, 0.2) is 90.0 Å². The fourth-order valence-electron chi connectivity index (χ4n) is 6.18. The van der Waals surface area contributed by atoms with Gasteiger partial charge in [-0.15, -0.1) is 0 Å². The molecule has 0 unspecified atom stereocenters. The predicted octanol–water partition coefficient (Wildman–Crippen LogP) is 3.64. The number of anilines is 1. The zero-order chi connectivity index (χ0) is 36.7. The smallest absolute Gasteiger partial charge is 0.280 e. The number of hydrogen-bond acceptors (Lipinski definition) is 12. The van der Waals surface area contributed by atoms with Crippen LogP contribution in [0.3, 0.4) is 0 Å². The minimum Gasteiger partial charge on any atom is -0.497 e. The summed E-state index contributed by atoms with van der Waals surface area (Å²) >= 11 is 0. The number of hydrogen-bond donors (Lipinski definition) is 3. The molecule has 0 spiro atoms. The van der Waals surface area contributed by atoms with Gasteiger partial charge in [0.05, 0.1) is 46.3 Å². The van der Waals surface area contributed by atoms with E-state index in [4.69, 9.17) is 33.7 Å². The average molecular weight is 711 g/mol. The third-order valence-corrected chi connectivity index (χ3v) is 8.65. The number of aliphatic hydroxyl groups is 1. The van der Waals surface area contributed by atoms with E-state index in [0.717, 1.165) is 16.7 Å². The zero-order valence-corrected chi connectivity index (χ0v) is 28.7. The van der Waals surface area contributed by atoms with Gasteiger partial charge < -0.3 is 33.5 Å². The molecular weight excluding hydrogens is 672 g/mol. The molecule has 1 aliphatic heterocycles. The summed E-state index contributed by atoms with van der Waals surface area (Å²) in [7, 11) is 3.19. The number of ether oxygens (including phenoxy) is 6. The molecule has 0 saturated carbocycles. The molecule has 1 fully saturated rings. The molecule has 0 bridgehead atoms. The Kier molecular flexibility index (Phi) is 11.2. The van der Waals surface area contributed by atoms with Gasteiger partial charge in [0.15, 0.2) is 17.4 Å². The molecule has 15 nitrogen and oxygen atoms in total. The van der Waals surface area contributed by atoms with E-state index in [-0.39, 0.29) is 43.5 Å². The first-order valence-corrected chi connectivity index (χ1v) is 16.4. The van der Waals surface area contributed by atoms with Gasteiger partial charge in [0.25, 0.3) is 5.56 Å². The number of aromatic amines is 1. The van der Waals surface area contributed by atoms with E-state index in [0.29, 0.717) is 11.5 Å². The van der Waals surface area contributed by atoms with Gasteiger partial charge in [0.2, 0.25) is 11.9 Å². The molecule has 2 aromatic heterocycles. The van der Waals surface area contributed by atoms with Gasteiger partial charge in [-0.2, -0.15) is 10.2 Å². The molecule has 4 atom stereocenters. The van der Waals surface area contributed by atoms with Crippen molar-refractivity contribution in [3.63, 3.8) is 0 Å². The van der Waals surface area contributed by atoms with Crippen molar-refractivity contribution in [2.75, 3.05) is 39.5 Å². The van der Waals surface area contributed by atoms with Crippen LogP contribution in [0.1, 0.15) is 36.3 Å². The first kappa shape index (κ1) is 36.2. The van der Waals surface area contributed by atoms with E-state index in [1.54, 1.807) is 14.2 Å². The zero-order valence-electron chi connectivity index (χ0n) is 28.7. The number of carbonyl (C=O) groups excluding carboxylic acids is 1. The van der Waals surface area contributed by atoms with Gasteiger partial charge in [0, 0.05) is 6.92 Å². The molecule has 6 rings (SSSR count). The summed E-state index contributed by atoms with van der Waals surface area (Å²) < 4.78 is 37.3. The maximum absolute atomic E-state index is 12.9. The lowest BCUT2D eigenvalue weighted by atomic mass is 9.80. The lowest BCUT2D eigenvalue weighted by molar-refractivity contribution is -0.137. The number of aromatic nitrogens is 4. The lowest BCUT2D eigenvalue weighted by Gasteiger charge is -2.37. The van der Waals surface area contributed by atoms with Gasteiger partial charge in [-0.05, 0) is 41.0 Å². The first-order chi connectivity index (χ1) is 25.3. The highest BCUT2D eigenvalue weighted by Crippen LogP contribution is 2.43. The van der Waals surface area contributed by atoms with Crippen LogP contribution in [0.5, 0.6) is 11.5 Å². The number of H-pyrrole nitrogens is 1. The second kappa shape index (κ2) is 16.1. The fraction of sp³-hybridized carbons (Fsp3) is 0.324. The molecule has 5 aromatic rings. The Balaban J connectivity index is 1.39. The van der Waals surface area contributed by atoms with E-state index < -0.39 is 41.6 Å². The average Bonchev–Trinajstić information content (AvgIpc) is 3.72. The van der Waals surface area contributed by atoms with Crippen LogP contribution in [-0.4, -0.2) is 83.1 Å². The highest BCUT2D eigenvalue weighted by Gasteiger charge is 2.48. The van der Waals surface area contributed by atoms with Crippen molar-refractivity contribution >= 4 is 23.0 Å². The summed E-state index contributed by atoms with van der Waals surface area (Å²) in [6.45, 7) is 0.996. The van der Waals surface area contributed by atoms with Crippen molar-refractivity contribution in [2.45, 2.75) is 43.5 Å². The fourth-order valence-corrected chi connectivity index (χ4v) is 6.18. The van der Waals surface area contributed by atoms with E-state index in [2.05, 4.69) is 20.3 Å². The maximum atomic E-state index is 12.9. The Morgan fingerprint density at radius 3 is 2.25 bits per heavy atom. The second-order valence-electron chi connectivity index (χ2n) is 11.9. The number of imidazole rings is 1. The van der Waals surface area contributed by atoms with Crippen LogP contribution in [0, 0.1) is 11.3 Å².